The van der Waals surface area contributed by atoms with Crippen molar-refractivity contribution in [3.63, 3.8) is 0 Å². The van der Waals surface area contributed by atoms with Crippen LogP contribution in [0.25, 0.3) is 0 Å². The van der Waals surface area contributed by atoms with E-state index in [-0.39, 0.29) is 0 Å². The Balaban J connectivity index is 2.81. The van der Waals surface area contributed by atoms with Gasteiger partial charge in [-0.05, 0) is 38.0 Å². The Morgan fingerprint density at radius 2 is 2.15 bits per heavy atom. The first kappa shape index (κ1) is 10.6. The molecule has 1 N–H and O–H groups in total. The van der Waals surface area contributed by atoms with Gasteiger partial charge in [0.25, 0.3) is 0 Å². The number of nitrogens with one attached hydrogen (secondary N) is 1. The molecule has 0 fully saturated rings. The molecule has 0 amide bonds. The molecule has 2 heteroatoms. The minimum Gasteiger partial charge on any atom is -0.382 e. The number of anilines is 1. The highest BCUT2D eigenvalue weighted by atomic mass is 79.9. The van der Waals surface area contributed by atoms with Gasteiger partial charge in [0.1, 0.15) is 0 Å². The summed E-state index contributed by atoms with van der Waals surface area (Å²) in [7, 11) is 0. The molecule has 13 heavy (non-hydrogen) atoms. The van der Waals surface area contributed by atoms with Crippen LogP contribution in [0.2, 0.25) is 0 Å². The summed E-state index contributed by atoms with van der Waals surface area (Å²) in [4.78, 5) is 0. The molecule has 1 aromatic carbocycles. The Morgan fingerprint density at radius 1 is 1.46 bits per heavy atom. The number of hydrogen-bond donors (Lipinski definition) is 1. The summed E-state index contributed by atoms with van der Waals surface area (Å²) in [5.74, 6) is 0. The second kappa shape index (κ2) is 4.66. The Labute approximate surface area is 88.7 Å². The fourth-order valence-corrected chi connectivity index (χ4v) is 1.48. The Bertz CT molecular complexity index is 283. The van der Waals surface area contributed by atoms with Gasteiger partial charge in [0, 0.05) is 16.2 Å². The molecular formula is C11H16BrN. The molecule has 1 aromatic rings. The van der Waals surface area contributed by atoms with E-state index >= 15 is 0 Å². The third-order valence-electron chi connectivity index (χ3n) is 2.21. The highest BCUT2D eigenvalue weighted by molar-refractivity contribution is 9.10. The zero-order valence-corrected chi connectivity index (χ0v) is 9.98. The molecule has 72 valence electrons. The summed E-state index contributed by atoms with van der Waals surface area (Å²) in [5, 5.41) is 3.47. The van der Waals surface area contributed by atoms with E-state index in [2.05, 4.69) is 60.2 Å². The Morgan fingerprint density at radius 3 is 2.77 bits per heavy atom. The lowest BCUT2D eigenvalue weighted by molar-refractivity contribution is 0.763. The molecule has 1 nitrogen and oxygen atoms in total. The molecule has 0 saturated carbocycles. The summed E-state index contributed by atoms with van der Waals surface area (Å²) in [6, 6.07) is 6.85. The highest BCUT2D eigenvalue weighted by Gasteiger charge is 2.01. The van der Waals surface area contributed by atoms with Gasteiger partial charge in [-0.3, -0.25) is 0 Å². The fraction of sp³-hybridized carbons (Fsp3) is 0.455. The van der Waals surface area contributed by atoms with Gasteiger partial charge in [0.15, 0.2) is 0 Å². The zero-order chi connectivity index (χ0) is 9.84. The van der Waals surface area contributed by atoms with Crippen LogP contribution in [-0.2, 0) is 0 Å². The summed E-state index contributed by atoms with van der Waals surface area (Å²) in [6.45, 7) is 6.50. The summed E-state index contributed by atoms with van der Waals surface area (Å²) >= 11 is 3.47. The van der Waals surface area contributed by atoms with Gasteiger partial charge in [-0.25, -0.2) is 0 Å². The van der Waals surface area contributed by atoms with Gasteiger partial charge < -0.3 is 5.32 Å². The number of hydrogen-bond acceptors (Lipinski definition) is 1. The molecule has 1 atom stereocenters. The van der Waals surface area contributed by atoms with Gasteiger partial charge in [-0.1, -0.05) is 28.9 Å². The number of rotatable bonds is 3. The first-order valence-corrected chi connectivity index (χ1v) is 5.45. The maximum Gasteiger partial charge on any atom is 0.0383 e. The van der Waals surface area contributed by atoms with E-state index in [1.54, 1.807) is 0 Å². The number of benzene rings is 1. The third-order valence-corrected chi connectivity index (χ3v) is 2.71. The monoisotopic (exact) mass is 241 g/mol. The molecule has 0 aromatic heterocycles. The minimum absolute atomic E-state index is 0.535. The second-order valence-corrected chi connectivity index (χ2v) is 4.33. The van der Waals surface area contributed by atoms with Crippen LogP contribution in [0.1, 0.15) is 25.8 Å². The lowest BCUT2D eigenvalue weighted by Crippen LogP contribution is -2.14. The van der Waals surface area contributed by atoms with Gasteiger partial charge in [0.05, 0.1) is 0 Å². The quantitative estimate of drug-likeness (QED) is 0.845. The van der Waals surface area contributed by atoms with Crippen LogP contribution in [0.4, 0.5) is 5.69 Å². The molecule has 0 bridgehead atoms. The van der Waals surface area contributed by atoms with Gasteiger partial charge in [-0.2, -0.15) is 0 Å². The fourth-order valence-electron chi connectivity index (χ4n) is 1.12. The predicted molar refractivity (Wildman–Crippen MR) is 62.3 cm³/mol. The number of aryl methyl sites for hydroxylation is 1. The maximum atomic E-state index is 3.47. The normalized spacial score (nSPS) is 12.6. The van der Waals surface area contributed by atoms with E-state index in [4.69, 9.17) is 0 Å². The van der Waals surface area contributed by atoms with E-state index in [1.165, 1.54) is 11.3 Å². The average Bonchev–Trinajstić information content (AvgIpc) is 2.11. The van der Waals surface area contributed by atoms with E-state index < -0.39 is 0 Å². The van der Waals surface area contributed by atoms with Crippen LogP contribution in [0.5, 0.6) is 0 Å². The van der Waals surface area contributed by atoms with E-state index in [0.29, 0.717) is 6.04 Å². The van der Waals surface area contributed by atoms with Crippen LogP contribution < -0.4 is 5.32 Å². The lowest BCUT2D eigenvalue weighted by atomic mass is 10.1. The van der Waals surface area contributed by atoms with E-state index in [0.717, 1.165) is 10.9 Å². The van der Waals surface area contributed by atoms with Crippen LogP contribution in [0.3, 0.4) is 0 Å². The van der Waals surface area contributed by atoms with Gasteiger partial charge in [-0.15, -0.1) is 0 Å². The predicted octanol–water partition coefficient (Wildman–Crippen LogP) is 3.97. The van der Waals surface area contributed by atoms with Crippen molar-refractivity contribution in [2.45, 2.75) is 33.2 Å². The van der Waals surface area contributed by atoms with Crippen LogP contribution >= 0.6 is 15.9 Å². The van der Waals surface area contributed by atoms with E-state index in [1.807, 2.05) is 0 Å². The summed E-state index contributed by atoms with van der Waals surface area (Å²) < 4.78 is 1.13. The van der Waals surface area contributed by atoms with Crippen molar-refractivity contribution < 1.29 is 0 Å². The van der Waals surface area contributed by atoms with Crippen LogP contribution in [-0.4, -0.2) is 6.04 Å². The smallest absolute Gasteiger partial charge is 0.0383 e. The lowest BCUT2D eigenvalue weighted by Gasteiger charge is -2.15. The highest BCUT2D eigenvalue weighted by Crippen LogP contribution is 2.21. The molecule has 1 unspecified atom stereocenters. The van der Waals surface area contributed by atoms with E-state index in [9.17, 15) is 0 Å². The molecule has 0 heterocycles. The molecular weight excluding hydrogens is 226 g/mol. The third kappa shape index (κ3) is 3.03. The topological polar surface area (TPSA) is 12.0 Å². The largest absolute Gasteiger partial charge is 0.382 e. The molecule has 0 aliphatic carbocycles. The average molecular weight is 242 g/mol. The maximum absolute atomic E-state index is 3.47. The SMILES string of the molecule is CCC(C)Nc1cc(Br)ccc1C. The van der Waals surface area contributed by atoms with Gasteiger partial charge in [0.2, 0.25) is 0 Å². The molecule has 0 radical (unpaired) electrons. The first-order valence-electron chi connectivity index (χ1n) is 4.66. The second-order valence-electron chi connectivity index (χ2n) is 3.41. The van der Waals surface area contributed by atoms with Crippen molar-refractivity contribution in [2.24, 2.45) is 0 Å². The molecule has 0 aliphatic rings. The molecule has 0 aliphatic heterocycles. The van der Waals surface area contributed by atoms with Crippen molar-refractivity contribution in [2.75, 3.05) is 5.32 Å². The standard InChI is InChI=1S/C11H16BrN/c1-4-9(3)13-11-7-10(12)6-5-8(11)2/h5-7,9,13H,4H2,1-3H3. The summed E-state index contributed by atoms with van der Waals surface area (Å²) in [5.41, 5.74) is 2.52. The molecule has 0 saturated heterocycles. The minimum atomic E-state index is 0.535. The van der Waals surface area contributed by atoms with Crippen LogP contribution in [0.15, 0.2) is 22.7 Å². The Kier molecular flexibility index (Phi) is 3.79. The zero-order valence-electron chi connectivity index (χ0n) is 8.39. The van der Waals surface area contributed by atoms with Gasteiger partial charge >= 0.3 is 0 Å². The number of halogens is 1. The Hall–Kier alpha value is -0.500. The van der Waals surface area contributed by atoms with Crippen molar-refractivity contribution in [3.05, 3.63) is 28.2 Å². The van der Waals surface area contributed by atoms with Crippen molar-refractivity contribution in [3.8, 4) is 0 Å². The van der Waals surface area contributed by atoms with Crippen molar-refractivity contribution >= 4 is 21.6 Å². The molecule has 1 rings (SSSR count). The summed E-state index contributed by atoms with van der Waals surface area (Å²) in [6.07, 6.45) is 1.14. The van der Waals surface area contributed by atoms with Crippen molar-refractivity contribution in [1.29, 1.82) is 0 Å². The first-order chi connectivity index (χ1) is 6.13. The van der Waals surface area contributed by atoms with Crippen LogP contribution in [0, 0.1) is 6.92 Å². The van der Waals surface area contributed by atoms with Crippen molar-refractivity contribution in [1.82, 2.24) is 0 Å². The molecule has 0 spiro atoms.